The summed E-state index contributed by atoms with van der Waals surface area (Å²) in [7, 11) is 1.74. The Hall–Kier alpha value is -3.03. The fourth-order valence-electron chi connectivity index (χ4n) is 4.34. The highest BCUT2D eigenvalue weighted by molar-refractivity contribution is 5.74. The third-order valence-corrected chi connectivity index (χ3v) is 5.99. The van der Waals surface area contributed by atoms with Gasteiger partial charge in [0.15, 0.2) is 5.82 Å². The van der Waals surface area contributed by atoms with Crippen molar-refractivity contribution >= 4 is 5.82 Å². The zero-order chi connectivity index (χ0) is 20.8. The van der Waals surface area contributed by atoms with Crippen molar-refractivity contribution in [2.45, 2.75) is 50.4 Å². The van der Waals surface area contributed by atoms with Crippen LogP contribution in [0.2, 0.25) is 0 Å². The lowest BCUT2D eigenvalue weighted by molar-refractivity contribution is 0.300. The Morgan fingerprint density at radius 2 is 1.93 bits per heavy atom. The van der Waals surface area contributed by atoms with Crippen LogP contribution in [-0.2, 0) is 7.05 Å². The summed E-state index contributed by atoms with van der Waals surface area (Å²) in [5, 5.41) is 23.1. The van der Waals surface area contributed by atoms with E-state index in [0.717, 1.165) is 25.7 Å². The molecule has 1 aromatic carbocycles. The van der Waals surface area contributed by atoms with Gasteiger partial charge in [0.1, 0.15) is 17.7 Å². The van der Waals surface area contributed by atoms with Crippen molar-refractivity contribution in [1.82, 2.24) is 20.0 Å². The number of halogens is 2. The summed E-state index contributed by atoms with van der Waals surface area (Å²) in [6.07, 6.45) is 6.75. The number of alkyl halides is 1. The van der Waals surface area contributed by atoms with Gasteiger partial charge < -0.3 is 10.0 Å². The van der Waals surface area contributed by atoms with Crippen LogP contribution in [0.25, 0.3) is 22.4 Å². The monoisotopic (exact) mass is 411 g/mol. The van der Waals surface area contributed by atoms with Gasteiger partial charge in [0.05, 0.1) is 17.9 Å². The van der Waals surface area contributed by atoms with Gasteiger partial charge in [-0.05, 0) is 56.4 Å². The average molecular weight is 411 g/mol. The van der Waals surface area contributed by atoms with Gasteiger partial charge in [0.25, 0.3) is 0 Å². The number of hydrogen-bond donors (Lipinski definition) is 1. The molecule has 0 spiro atoms. The summed E-state index contributed by atoms with van der Waals surface area (Å²) in [5.74, 6) is 0.0752. The molecule has 0 radical (unpaired) electrons. The standard InChI is InChI=1S/C22H23F2N5O/c1-28-12-13(11-25-28)15-10-21(30)16(9-18(15)24)19-7-8-22(27-26-19)29(14-5-6-14)20-4-2-3-17(20)23/h7-12,14,17,20,30H,2-6H2,1H3. The largest absolute Gasteiger partial charge is 0.507 e. The number of anilines is 1. The molecule has 6 nitrogen and oxygen atoms in total. The normalized spacial score (nSPS) is 21.2. The molecule has 8 heteroatoms. The molecule has 2 atom stereocenters. The average Bonchev–Trinajstić information content (AvgIpc) is 3.34. The molecule has 0 saturated heterocycles. The Kier molecular flexibility index (Phi) is 4.64. The zero-order valence-corrected chi connectivity index (χ0v) is 16.7. The van der Waals surface area contributed by atoms with E-state index in [1.165, 1.54) is 12.1 Å². The van der Waals surface area contributed by atoms with Crippen LogP contribution in [-0.4, -0.2) is 43.3 Å². The van der Waals surface area contributed by atoms with Crippen LogP contribution in [0.1, 0.15) is 32.1 Å². The SMILES string of the molecule is Cn1cc(-c2cc(O)c(-c3ccc(N(C4CC4)C4CCCC4F)nn3)cc2F)cn1. The lowest BCUT2D eigenvalue weighted by atomic mass is 10.0. The first-order valence-corrected chi connectivity index (χ1v) is 10.3. The summed E-state index contributed by atoms with van der Waals surface area (Å²) < 4.78 is 30.7. The first-order chi connectivity index (χ1) is 14.5. The van der Waals surface area contributed by atoms with E-state index in [-0.39, 0.29) is 22.9 Å². The maximum atomic E-state index is 14.7. The summed E-state index contributed by atoms with van der Waals surface area (Å²) in [5.41, 5.74) is 1.48. The number of rotatable bonds is 5. The highest BCUT2D eigenvalue weighted by atomic mass is 19.1. The van der Waals surface area contributed by atoms with E-state index < -0.39 is 12.0 Å². The lowest BCUT2D eigenvalue weighted by Crippen LogP contribution is -2.41. The predicted octanol–water partition coefficient (Wildman–Crippen LogP) is 4.25. The third-order valence-electron chi connectivity index (χ3n) is 5.99. The molecule has 0 bridgehead atoms. The van der Waals surface area contributed by atoms with Gasteiger partial charge in [-0.15, -0.1) is 10.2 Å². The molecule has 2 aliphatic rings. The first-order valence-electron chi connectivity index (χ1n) is 10.3. The Balaban J connectivity index is 1.44. The molecular weight excluding hydrogens is 388 g/mol. The number of aromatic nitrogens is 4. The smallest absolute Gasteiger partial charge is 0.151 e. The minimum Gasteiger partial charge on any atom is -0.507 e. The van der Waals surface area contributed by atoms with Gasteiger partial charge in [-0.2, -0.15) is 5.10 Å². The molecular formula is C22H23F2N5O. The van der Waals surface area contributed by atoms with Gasteiger partial charge in [0.2, 0.25) is 0 Å². The number of phenols is 1. The topological polar surface area (TPSA) is 67.1 Å². The molecule has 156 valence electrons. The molecule has 0 aliphatic heterocycles. The van der Waals surface area contributed by atoms with E-state index in [4.69, 9.17) is 0 Å². The second-order valence-corrected chi connectivity index (χ2v) is 8.18. The Morgan fingerprint density at radius 1 is 1.10 bits per heavy atom. The van der Waals surface area contributed by atoms with Crippen molar-refractivity contribution in [2.75, 3.05) is 4.90 Å². The van der Waals surface area contributed by atoms with Crippen molar-refractivity contribution in [1.29, 1.82) is 0 Å². The number of aryl methyl sites for hydroxylation is 1. The van der Waals surface area contributed by atoms with E-state index in [2.05, 4.69) is 20.2 Å². The molecule has 3 aromatic rings. The zero-order valence-electron chi connectivity index (χ0n) is 16.7. The summed E-state index contributed by atoms with van der Waals surface area (Å²) in [6, 6.07) is 6.29. The first kappa shape index (κ1) is 19.0. The quantitative estimate of drug-likeness (QED) is 0.680. The molecule has 2 unspecified atom stereocenters. The number of benzene rings is 1. The van der Waals surface area contributed by atoms with Gasteiger partial charge >= 0.3 is 0 Å². The number of aromatic hydroxyl groups is 1. The van der Waals surface area contributed by atoms with Gasteiger partial charge in [0, 0.05) is 36.0 Å². The van der Waals surface area contributed by atoms with E-state index in [1.807, 2.05) is 0 Å². The molecule has 2 heterocycles. The number of nitrogens with zero attached hydrogens (tertiary/aromatic N) is 5. The van der Waals surface area contributed by atoms with Crippen LogP contribution >= 0.6 is 0 Å². The summed E-state index contributed by atoms with van der Waals surface area (Å²) in [4.78, 5) is 2.07. The van der Waals surface area contributed by atoms with Crippen LogP contribution in [0.15, 0.2) is 36.7 Å². The van der Waals surface area contributed by atoms with Crippen LogP contribution < -0.4 is 4.90 Å². The minimum absolute atomic E-state index is 0.0871. The van der Waals surface area contributed by atoms with Gasteiger partial charge in [-0.1, -0.05) is 0 Å². The molecule has 1 N–H and O–H groups in total. The van der Waals surface area contributed by atoms with Crippen molar-refractivity contribution in [3.8, 4) is 28.1 Å². The second-order valence-electron chi connectivity index (χ2n) is 8.18. The van der Waals surface area contributed by atoms with Crippen LogP contribution in [0.5, 0.6) is 5.75 Å². The minimum atomic E-state index is -0.842. The highest BCUT2D eigenvalue weighted by Crippen LogP contribution is 2.39. The van der Waals surface area contributed by atoms with Crippen LogP contribution in [0.4, 0.5) is 14.6 Å². The fraction of sp³-hybridized carbons (Fsp3) is 0.409. The van der Waals surface area contributed by atoms with Crippen LogP contribution in [0, 0.1) is 5.82 Å². The Bertz CT molecular complexity index is 1060. The number of hydrogen-bond acceptors (Lipinski definition) is 5. The highest BCUT2D eigenvalue weighted by Gasteiger charge is 2.41. The van der Waals surface area contributed by atoms with Crippen molar-refractivity contribution in [3.63, 3.8) is 0 Å². The molecule has 2 fully saturated rings. The number of phenolic OH excluding ortho intramolecular Hbond substituents is 1. The lowest BCUT2D eigenvalue weighted by Gasteiger charge is -2.31. The van der Waals surface area contributed by atoms with E-state index >= 15 is 0 Å². The predicted molar refractivity (Wildman–Crippen MR) is 109 cm³/mol. The second kappa shape index (κ2) is 7.34. The third kappa shape index (κ3) is 3.40. The fourth-order valence-corrected chi connectivity index (χ4v) is 4.34. The summed E-state index contributed by atoms with van der Waals surface area (Å²) in [6.45, 7) is 0. The Morgan fingerprint density at radius 3 is 2.53 bits per heavy atom. The van der Waals surface area contributed by atoms with Gasteiger partial charge in [-0.3, -0.25) is 4.68 Å². The van der Waals surface area contributed by atoms with Gasteiger partial charge in [-0.25, -0.2) is 8.78 Å². The van der Waals surface area contributed by atoms with Crippen molar-refractivity contribution in [2.24, 2.45) is 7.05 Å². The van der Waals surface area contributed by atoms with Crippen molar-refractivity contribution in [3.05, 3.63) is 42.5 Å². The maximum Gasteiger partial charge on any atom is 0.151 e. The van der Waals surface area contributed by atoms with Crippen molar-refractivity contribution < 1.29 is 13.9 Å². The molecule has 2 saturated carbocycles. The van der Waals surface area contributed by atoms with E-state index in [1.54, 1.807) is 36.3 Å². The molecule has 30 heavy (non-hydrogen) atoms. The molecule has 0 amide bonds. The Labute approximate surface area is 173 Å². The van der Waals surface area contributed by atoms with E-state index in [0.29, 0.717) is 29.5 Å². The maximum absolute atomic E-state index is 14.7. The van der Waals surface area contributed by atoms with Crippen LogP contribution in [0.3, 0.4) is 0 Å². The molecule has 5 rings (SSSR count). The van der Waals surface area contributed by atoms with E-state index in [9.17, 15) is 13.9 Å². The molecule has 2 aliphatic carbocycles. The molecule has 2 aromatic heterocycles. The summed E-state index contributed by atoms with van der Waals surface area (Å²) >= 11 is 0.